The van der Waals surface area contributed by atoms with Crippen LogP contribution in [0.1, 0.15) is 29.8 Å². The predicted molar refractivity (Wildman–Crippen MR) is 87.3 cm³/mol. The number of nitrogens with zero attached hydrogens (tertiary/aromatic N) is 2. The highest BCUT2D eigenvalue weighted by Crippen LogP contribution is 2.25. The zero-order valence-electron chi connectivity index (χ0n) is 13.2. The number of rotatable bonds is 6. The molecule has 0 radical (unpaired) electrons. The van der Waals surface area contributed by atoms with Gasteiger partial charge in [-0.25, -0.2) is 9.37 Å². The number of nitro groups is 1. The maximum absolute atomic E-state index is 13.4. The number of anilines is 1. The van der Waals surface area contributed by atoms with E-state index in [1.54, 1.807) is 12.1 Å². The van der Waals surface area contributed by atoms with E-state index >= 15 is 0 Å². The average molecular weight is 332 g/mol. The van der Waals surface area contributed by atoms with Gasteiger partial charge in [-0.1, -0.05) is 26.0 Å². The fraction of sp³-hybridized carbons (Fsp3) is 0.250. The summed E-state index contributed by atoms with van der Waals surface area (Å²) in [5.74, 6) is -1.01. The van der Waals surface area contributed by atoms with Crippen molar-refractivity contribution in [3.8, 4) is 0 Å². The second kappa shape index (κ2) is 6.61. The molecule has 1 amide bonds. The maximum atomic E-state index is 13.4. The molecule has 0 atom stereocenters. The van der Waals surface area contributed by atoms with E-state index in [1.807, 2.05) is 13.8 Å². The van der Waals surface area contributed by atoms with Crippen LogP contribution in [0.15, 0.2) is 36.5 Å². The van der Waals surface area contributed by atoms with Crippen molar-refractivity contribution in [2.75, 3.05) is 11.9 Å². The molecule has 0 aliphatic heterocycles. The number of halogens is 1. The number of nitrogens with one attached hydrogen (secondary N) is 1. The van der Waals surface area contributed by atoms with Crippen molar-refractivity contribution in [3.63, 3.8) is 0 Å². The van der Waals surface area contributed by atoms with Crippen LogP contribution in [0.2, 0.25) is 0 Å². The number of carbonyl (C=O) groups excluding carboxylic acids is 1. The Morgan fingerprint density at radius 2 is 2.12 bits per heavy atom. The Morgan fingerprint density at radius 1 is 1.42 bits per heavy atom. The molecular formula is C16H17FN4O3. The van der Waals surface area contributed by atoms with E-state index in [2.05, 4.69) is 10.3 Å². The molecule has 0 spiro atoms. The Bertz CT molecular complexity index is 793. The van der Waals surface area contributed by atoms with Crippen molar-refractivity contribution in [1.82, 2.24) is 4.98 Å². The number of hydrogen-bond donors (Lipinski definition) is 2. The largest absolute Gasteiger partial charge is 0.369 e. The zero-order valence-corrected chi connectivity index (χ0v) is 13.2. The standard InChI is InChI=1S/C16H17FN4O3/c1-16(2,10-4-3-5-11(17)6-10)9-20-15-13(14(18)22)7-12(8-19-15)21(23)24/h3-8H,9H2,1-2H3,(H2,18,22)(H,19,20). The van der Waals surface area contributed by atoms with Gasteiger partial charge >= 0.3 is 0 Å². The summed E-state index contributed by atoms with van der Waals surface area (Å²) in [7, 11) is 0. The SMILES string of the molecule is CC(C)(CNc1ncc([N+](=O)[O-])cc1C(N)=O)c1cccc(F)c1. The summed E-state index contributed by atoms with van der Waals surface area (Å²) < 4.78 is 13.4. The average Bonchev–Trinajstić information content (AvgIpc) is 2.52. The molecule has 0 bridgehead atoms. The number of primary amides is 1. The summed E-state index contributed by atoms with van der Waals surface area (Å²) in [5.41, 5.74) is 5.16. The number of aromatic nitrogens is 1. The van der Waals surface area contributed by atoms with E-state index in [4.69, 9.17) is 5.73 Å². The molecular weight excluding hydrogens is 315 g/mol. The molecule has 0 saturated carbocycles. The molecule has 126 valence electrons. The molecule has 0 unspecified atom stereocenters. The van der Waals surface area contributed by atoms with Crippen LogP contribution >= 0.6 is 0 Å². The van der Waals surface area contributed by atoms with Crippen molar-refractivity contribution in [2.24, 2.45) is 5.73 Å². The van der Waals surface area contributed by atoms with Gasteiger partial charge in [0.05, 0.1) is 10.5 Å². The molecule has 7 nitrogen and oxygen atoms in total. The van der Waals surface area contributed by atoms with Crippen molar-refractivity contribution in [2.45, 2.75) is 19.3 Å². The van der Waals surface area contributed by atoms with Gasteiger partial charge in [-0.15, -0.1) is 0 Å². The Morgan fingerprint density at radius 3 is 2.71 bits per heavy atom. The van der Waals surface area contributed by atoms with Crippen molar-refractivity contribution < 1.29 is 14.1 Å². The molecule has 8 heteroatoms. The smallest absolute Gasteiger partial charge is 0.288 e. The summed E-state index contributed by atoms with van der Waals surface area (Å²) in [5, 5.41) is 13.7. The van der Waals surface area contributed by atoms with Crippen molar-refractivity contribution in [3.05, 3.63) is 63.6 Å². The van der Waals surface area contributed by atoms with Crippen molar-refractivity contribution >= 4 is 17.4 Å². The highest BCUT2D eigenvalue weighted by molar-refractivity contribution is 5.98. The lowest BCUT2D eigenvalue weighted by Gasteiger charge is -2.26. The van der Waals surface area contributed by atoms with Crippen LogP contribution < -0.4 is 11.1 Å². The third-order valence-corrected chi connectivity index (χ3v) is 3.65. The first-order chi connectivity index (χ1) is 11.2. The van der Waals surface area contributed by atoms with Crippen LogP contribution in [-0.4, -0.2) is 22.4 Å². The van der Waals surface area contributed by atoms with Crippen LogP contribution in [0, 0.1) is 15.9 Å². The van der Waals surface area contributed by atoms with Gasteiger partial charge in [0.1, 0.15) is 17.8 Å². The Kier molecular flexibility index (Phi) is 4.77. The van der Waals surface area contributed by atoms with E-state index in [1.165, 1.54) is 12.1 Å². The molecule has 2 rings (SSSR count). The highest BCUT2D eigenvalue weighted by atomic mass is 19.1. The number of nitrogens with two attached hydrogens (primary N) is 1. The highest BCUT2D eigenvalue weighted by Gasteiger charge is 2.23. The molecule has 3 N–H and O–H groups in total. The lowest BCUT2D eigenvalue weighted by Crippen LogP contribution is -2.29. The summed E-state index contributed by atoms with van der Waals surface area (Å²) >= 11 is 0. The Balaban J connectivity index is 2.25. The van der Waals surface area contributed by atoms with E-state index in [0.29, 0.717) is 6.54 Å². The van der Waals surface area contributed by atoms with E-state index in [-0.39, 0.29) is 22.9 Å². The zero-order chi connectivity index (χ0) is 17.9. The van der Waals surface area contributed by atoms with Gasteiger partial charge in [-0.05, 0) is 17.7 Å². The molecule has 0 aliphatic rings. The monoisotopic (exact) mass is 332 g/mol. The van der Waals surface area contributed by atoms with Gasteiger partial charge in [-0.3, -0.25) is 14.9 Å². The van der Waals surface area contributed by atoms with Gasteiger partial charge in [0.25, 0.3) is 11.6 Å². The third-order valence-electron chi connectivity index (χ3n) is 3.65. The number of amides is 1. The fourth-order valence-electron chi connectivity index (χ4n) is 2.20. The van der Waals surface area contributed by atoms with Crippen LogP contribution in [0.25, 0.3) is 0 Å². The molecule has 0 aliphatic carbocycles. The number of hydrogen-bond acceptors (Lipinski definition) is 5. The van der Waals surface area contributed by atoms with Crippen LogP contribution in [0.4, 0.5) is 15.9 Å². The van der Waals surface area contributed by atoms with Gasteiger partial charge in [0.2, 0.25) is 0 Å². The van der Waals surface area contributed by atoms with Crippen LogP contribution in [0.5, 0.6) is 0 Å². The molecule has 1 aromatic carbocycles. The lowest BCUT2D eigenvalue weighted by molar-refractivity contribution is -0.385. The Hall–Kier alpha value is -3.03. The molecule has 1 heterocycles. The first-order valence-electron chi connectivity index (χ1n) is 7.15. The predicted octanol–water partition coefficient (Wildman–Crippen LogP) is 2.62. The first-order valence-corrected chi connectivity index (χ1v) is 7.15. The molecule has 0 saturated heterocycles. The van der Waals surface area contributed by atoms with Gasteiger partial charge in [-0.2, -0.15) is 0 Å². The van der Waals surface area contributed by atoms with Gasteiger partial charge in [0, 0.05) is 18.0 Å². The minimum Gasteiger partial charge on any atom is -0.369 e. The van der Waals surface area contributed by atoms with Gasteiger partial charge < -0.3 is 11.1 Å². The van der Waals surface area contributed by atoms with Crippen LogP contribution in [0.3, 0.4) is 0 Å². The number of carbonyl (C=O) groups is 1. The van der Waals surface area contributed by atoms with E-state index in [0.717, 1.165) is 17.8 Å². The topological polar surface area (TPSA) is 111 Å². The molecule has 0 fully saturated rings. The number of pyridine rings is 1. The first kappa shape index (κ1) is 17.3. The maximum Gasteiger partial charge on any atom is 0.288 e. The second-order valence-corrected chi connectivity index (χ2v) is 5.96. The fourth-order valence-corrected chi connectivity index (χ4v) is 2.20. The third kappa shape index (κ3) is 3.83. The van der Waals surface area contributed by atoms with Crippen LogP contribution in [-0.2, 0) is 5.41 Å². The quantitative estimate of drug-likeness (QED) is 0.624. The summed E-state index contributed by atoms with van der Waals surface area (Å²) in [6, 6.07) is 7.28. The molecule has 24 heavy (non-hydrogen) atoms. The summed E-state index contributed by atoms with van der Waals surface area (Å²) in [4.78, 5) is 25.5. The van der Waals surface area contributed by atoms with E-state index in [9.17, 15) is 19.3 Å². The second-order valence-electron chi connectivity index (χ2n) is 5.96. The Labute approximate surface area is 137 Å². The summed E-state index contributed by atoms with van der Waals surface area (Å²) in [6.07, 6.45) is 1.05. The molecule has 2 aromatic rings. The number of benzene rings is 1. The minimum atomic E-state index is -0.822. The summed E-state index contributed by atoms with van der Waals surface area (Å²) in [6.45, 7) is 4.11. The van der Waals surface area contributed by atoms with Crippen molar-refractivity contribution in [1.29, 1.82) is 0 Å². The lowest BCUT2D eigenvalue weighted by atomic mass is 9.84. The van der Waals surface area contributed by atoms with E-state index < -0.39 is 16.2 Å². The normalized spacial score (nSPS) is 11.1. The van der Waals surface area contributed by atoms with Gasteiger partial charge in [0.15, 0.2) is 0 Å². The minimum absolute atomic E-state index is 0.0701. The molecule has 1 aromatic heterocycles.